The minimum atomic E-state index is 0.215. The third kappa shape index (κ3) is 4.09. The van der Waals surface area contributed by atoms with Crippen molar-refractivity contribution in [2.45, 2.75) is 53.5 Å². The molecule has 0 N–H and O–H groups in total. The summed E-state index contributed by atoms with van der Waals surface area (Å²) in [5.74, 6) is 0. The number of hydrogen-bond acceptors (Lipinski definition) is 1. The van der Waals surface area contributed by atoms with E-state index in [1.54, 1.807) is 0 Å². The van der Waals surface area contributed by atoms with E-state index in [1.165, 1.54) is 30.4 Å². The van der Waals surface area contributed by atoms with Gasteiger partial charge in [0.2, 0.25) is 0 Å². The van der Waals surface area contributed by atoms with E-state index in [2.05, 4.69) is 26.8 Å². The van der Waals surface area contributed by atoms with Crippen molar-refractivity contribution in [2.75, 3.05) is 0 Å². The SMILES string of the molecule is CC1=C(C=CC(C)=[N+]([O-])Cc2ccccc2)C(C)(C)CCC1. The van der Waals surface area contributed by atoms with Gasteiger partial charge < -0.3 is 5.21 Å². The molecule has 0 saturated carbocycles. The summed E-state index contributed by atoms with van der Waals surface area (Å²) >= 11 is 0. The second kappa shape index (κ2) is 6.95. The van der Waals surface area contributed by atoms with Crippen LogP contribution >= 0.6 is 0 Å². The molecule has 0 fully saturated rings. The third-order valence-electron chi connectivity index (χ3n) is 4.60. The molecule has 1 aromatic carbocycles. The largest absolute Gasteiger partial charge is 0.623 e. The fourth-order valence-corrected chi connectivity index (χ4v) is 3.17. The number of hydroxylamine groups is 1. The van der Waals surface area contributed by atoms with Gasteiger partial charge in [-0.25, -0.2) is 4.74 Å². The van der Waals surface area contributed by atoms with E-state index in [0.29, 0.717) is 6.54 Å². The average molecular weight is 297 g/mol. The van der Waals surface area contributed by atoms with Crippen molar-refractivity contribution >= 4 is 5.71 Å². The summed E-state index contributed by atoms with van der Waals surface area (Å²) in [5, 5.41) is 12.2. The highest BCUT2D eigenvalue weighted by molar-refractivity contribution is 5.89. The predicted molar refractivity (Wildman–Crippen MR) is 93.9 cm³/mol. The monoisotopic (exact) mass is 297 g/mol. The van der Waals surface area contributed by atoms with Gasteiger partial charge in [-0.15, -0.1) is 0 Å². The first-order chi connectivity index (χ1) is 10.4. The highest BCUT2D eigenvalue weighted by atomic mass is 16.5. The Morgan fingerprint density at radius 2 is 1.95 bits per heavy atom. The molecule has 118 valence electrons. The molecule has 0 saturated heterocycles. The van der Waals surface area contributed by atoms with Crippen LogP contribution in [-0.4, -0.2) is 10.5 Å². The summed E-state index contributed by atoms with van der Waals surface area (Å²) in [7, 11) is 0. The first kappa shape index (κ1) is 16.5. The highest BCUT2D eigenvalue weighted by Gasteiger charge is 2.26. The highest BCUT2D eigenvalue weighted by Crippen LogP contribution is 2.40. The molecule has 0 spiro atoms. The maximum absolute atomic E-state index is 12.2. The molecular weight excluding hydrogens is 270 g/mol. The summed E-state index contributed by atoms with van der Waals surface area (Å²) in [6.07, 6.45) is 7.78. The maximum atomic E-state index is 12.2. The summed E-state index contributed by atoms with van der Waals surface area (Å²) in [5.41, 5.74) is 4.86. The molecule has 1 aliphatic rings. The zero-order valence-corrected chi connectivity index (χ0v) is 14.2. The van der Waals surface area contributed by atoms with Crippen LogP contribution in [-0.2, 0) is 6.54 Å². The Hall–Kier alpha value is -1.83. The van der Waals surface area contributed by atoms with Crippen LogP contribution in [0.2, 0.25) is 0 Å². The molecule has 0 amide bonds. The Kier molecular flexibility index (Phi) is 5.23. The molecular formula is C20H27NO. The minimum Gasteiger partial charge on any atom is -0.623 e. The molecule has 2 rings (SSSR count). The standard InChI is InChI=1S/C20H27NO/c1-16-9-8-14-20(3,4)19(16)13-12-17(2)21(22)15-18-10-6-5-7-11-18/h5-7,10-13H,8-9,14-15H2,1-4H3. The smallest absolute Gasteiger partial charge is 0.184 e. The van der Waals surface area contributed by atoms with Gasteiger partial charge in [0.1, 0.15) is 0 Å². The number of allylic oxidation sites excluding steroid dienone is 4. The summed E-state index contributed by atoms with van der Waals surface area (Å²) in [6, 6.07) is 9.87. The first-order valence-electron chi connectivity index (χ1n) is 8.10. The third-order valence-corrected chi connectivity index (χ3v) is 4.60. The molecule has 0 atom stereocenters. The number of hydrogen-bond donors (Lipinski definition) is 0. The van der Waals surface area contributed by atoms with Gasteiger partial charge in [-0.3, -0.25) is 0 Å². The van der Waals surface area contributed by atoms with Gasteiger partial charge in [0.25, 0.3) is 0 Å². The Balaban J connectivity index is 2.16. The molecule has 2 nitrogen and oxygen atoms in total. The molecule has 1 aromatic rings. The van der Waals surface area contributed by atoms with E-state index in [0.717, 1.165) is 16.0 Å². The second-order valence-corrected chi connectivity index (χ2v) is 6.93. The van der Waals surface area contributed by atoms with Crippen LogP contribution in [0.4, 0.5) is 0 Å². The van der Waals surface area contributed by atoms with E-state index in [-0.39, 0.29) is 5.41 Å². The Morgan fingerprint density at radius 3 is 2.59 bits per heavy atom. The molecule has 1 aliphatic carbocycles. The summed E-state index contributed by atoms with van der Waals surface area (Å²) < 4.78 is 1.07. The van der Waals surface area contributed by atoms with Gasteiger partial charge in [0.05, 0.1) is 0 Å². The molecule has 0 unspecified atom stereocenters. The van der Waals surface area contributed by atoms with Gasteiger partial charge >= 0.3 is 0 Å². The molecule has 0 heterocycles. The van der Waals surface area contributed by atoms with Crippen LogP contribution in [0.5, 0.6) is 0 Å². The quantitative estimate of drug-likeness (QED) is 0.323. The van der Waals surface area contributed by atoms with Crippen LogP contribution in [0.15, 0.2) is 53.6 Å². The molecule has 0 bridgehead atoms. The van der Waals surface area contributed by atoms with Crippen molar-refractivity contribution in [3.63, 3.8) is 0 Å². The van der Waals surface area contributed by atoms with E-state index in [1.807, 2.05) is 43.3 Å². The lowest BCUT2D eigenvalue weighted by molar-refractivity contribution is -0.474. The van der Waals surface area contributed by atoms with Gasteiger partial charge in [-0.05, 0) is 37.2 Å². The van der Waals surface area contributed by atoms with Crippen molar-refractivity contribution in [1.82, 2.24) is 0 Å². The van der Waals surface area contributed by atoms with Gasteiger partial charge in [0, 0.05) is 18.6 Å². The van der Waals surface area contributed by atoms with E-state index in [9.17, 15) is 5.21 Å². The number of benzene rings is 1. The maximum Gasteiger partial charge on any atom is 0.184 e. The molecule has 0 aliphatic heterocycles. The van der Waals surface area contributed by atoms with Crippen LogP contribution in [0.3, 0.4) is 0 Å². The fraction of sp³-hybridized carbons (Fsp3) is 0.450. The van der Waals surface area contributed by atoms with Crippen LogP contribution in [0.1, 0.15) is 52.5 Å². The fourth-order valence-electron chi connectivity index (χ4n) is 3.17. The zero-order chi connectivity index (χ0) is 16.2. The Labute approximate surface area is 134 Å². The lowest BCUT2D eigenvalue weighted by atomic mass is 9.72. The van der Waals surface area contributed by atoms with E-state index in [4.69, 9.17) is 0 Å². The lowest BCUT2D eigenvalue weighted by Gasteiger charge is -2.32. The van der Waals surface area contributed by atoms with Gasteiger partial charge in [-0.1, -0.05) is 55.8 Å². The predicted octanol–water partition coefficient (Wildman–Crippen LogP) is 5.24. The van der Waals surface area contributed by atoms with E-state index < -0.39 is 0 Å². The van der Waals surface area contributed by atoms with Crippen molar-refractivity contribution in [3.8, 4) is 0 Å². The van der Waals surface area contributed by atoms with Gasteiger partial charge in [0.15, 0.2) is 12.3 Å². The topological polar surface area (TPSA) is 26.1 Å². The lowest BCUT2D eigenvalue weighted by Crippen LogP contribution is -2.19. The molecule has 0 radical (unpaired) electrons. The first-order valence-corrected chi connectivity index (χ1v) is 8.10. The van der Waals surface area contributed by atoms with Crippen LogP contribution in [0, 0.1) is 10.6 Å². The summed E-state index contributed by atoms with van der Waals surface area (Å²) in [6.45, 7) is 9.10. The number of nitrogens with zero attached hydrogens (tertiary/aromatic N) is 1. The Morgan fingerprint density at radius 1 is 1.27 bits per heavy atom. The van der Waals surface area contributed by atoms with Crippen LogP contribution in [0.25, 0.3) is 0 Å². The minimum absolute atomic E-state index is 0.215. The number of rotatable bonds is 4. The molecule has 0 aromatic heterocycles. The van der Waals surface area contributed by atoms with Crippen molar-refractivity contribution in [1.29, 1.82) is 0 Å². The summed E-state index contributed by atoms with van der Waals surface area (Å²) in [4.78, 5) is 0. The van der Waals surface area contributed by atoms with E-state index >= 15 is 0 Å². The van der Waals surface area contributed by atoms with Crippen molar-refractivity contribution in [2.24, 2.45) is 5.41 Å². The van der Waals surface area contributed by atoms with Crippen molar-refractivity contribution < 1.29 is 4.74 Å². The molecule has 2 heteroatoms. The zero-order valence-electron chi connectivity index (χ0n) is 14.2. The van der Waals surface area contributed by atoms with Crippen LogP contribution < -0.4 is 0 Å². The molecule has 22 heavy (non-hydrogen) atoms. The van der Waals surface area contributed by atoms with Crippen molar-refractivity contribution in [3.05, 3.63) is 64.4 Å². The average Bonchev–Trinajstić information content (AvgIpc) is 2.46. The normalized spacial score (nSPS) is 19.5. The second-order valence-electron chi connectivity index (χ2n) is 6.93. The Bertz CT molecular complexity index is 606. The van der Waals surface area contributed by atoms with Gasteiger partial charge in [-0.2, -0.15) is 0 Å².